The molecule has 2 nitrogen and oxygen atoms in total. The van der Waals surface area contributed by atoms with E-state index < -0.39 is 0 Å². The average Bonchev–Trinajstić information content (AvgIpc) is 2.97. The van der Waals surface area contributed by atoms with Crippen LogP contribution in [-0.2, 0) is 10.3 Å². The first-order valence-corrected chi connectivity index (χ1v) is 4.78. The second-order valence-electron chi connectivity index (χ2n) is 3.91. The maximum atomic E-state index is 5.37. The van der Waals surface area contributed by atoms with Crippen molar-refractivity contribution in [3.8, 4) is 0 Å². The first kappa shape index (κ1) is 7.94. The number of nitrogens with zero attached hydrogens (tertiary/aromatic N) is 1. The minimum atomic E-state index is -0.121. The largest absolute Gasteiger partial charge is 0.363 e. The fourth-order valence-electron chi connectivity index (χ4n) is 1.62. The van der Waals surface area contributed by atoms with Gasteiger partial charge in [-0.05, 0) is 19.1 Å². The molecular formula is C12H11NO. The summed E-state index contributed by atoms with van der Waals surface area (Å²) in [5, 5.41) is 1.18. The van der Waals surface area contributed by atoms with E-state index in [1.165, 1.54) is 5.39 Å². The molecule has 1 aliphatic heterocycles. The summed E-state index contributed by atoms with van der Waals surface area (Å²) in [4.78, 5) is 4.58. The molecule has 3 rings (SSSR count). The van der Waals surface area contributed by atoms with E-state index in [4.69, 9.17) is 4.74 Å². The molecular weight excluding hydrogens is 174 g/mol. The predicted molar refractivity (Wildman–Crippen MR) is 55.0 cm³/mol. The summed E-state index contributed by atoms with van der Waals surface area (Å²) in [6.07, 6.45) is 0. The van der Waals surface area contributed by atoms with Crippen LogP contribution in [0.4, 0.5) is 0 Å². The SMILES string of the molecule is CC1(c2ccc3ccccc3n2)CO1. The van der Waals surface area contributed by atoms with E-state index in [0.29, 0.717) is 0 Å². The molecule has 1 fully saturated rings. The van der Waals surface area contributed by atoms with Gasteiger partial charge in [-0.1, -0.05) is 24.3 Å². The highest BCUT2D eigenvalue weighted by Crippen LogP contribution is 2.37. The van der Waals surface area contributed by atoms with Gasteiger partial charge >= 0.3 is 0 Å². The monoisotopic (exact) mass is 185 g/mol. The molecule has 70 valence electrons. The third kappa shape index (κ3) is 1.11. The van der Waals surface area contributed by atoms with Crippen molar-refractivity contribution >= 4 is 10.9 Å². The molecule has 0 aliphatic carbocycles. The van der Waals surface area contributed by atoms with Crippen LogP contribution in [0.2, 0.25) is 0 Å². The molecule has 2 aromatic rings. The summed E-state index contributed by atoms with van der Waals surface area (Å²) in [6, 6.07) is 12.3. The molecule has 0 saturated carbocycles. The van der Waals surface area contributed by atoms with Crippen LogP contribution in [0.1, 0.15) is 12.6 Å². The fraction of sp³-hybridized carbons (Fsp3) is 0.250. The number of para-hydroxylation sites is 1. The number of ether oxygens (including phenoxy) is 1. The third-order valence-corrected chi connectivity index (χ3v) is 2.72. The van der Waals surface area contributed by atoms with E-state index >= 15 is 0 Å². The van der Waals surface area contributed by atoms with Gasteiger partial charge in [-0.15, -0.1) is 0 Å². The number of benzene rings is 1. The molecule has 0 amide bonds. The smallest absolute Gasteiger partial charge is 0.131 e. The standard InChI is InChI=1S/C12H11NO/c1-12(8-14-12)11-7-6-9-4-2-3-5-10(9)13-11/h2-7H,8H2,1H3. The number of fused-ring (bicyclic) bond motifs is 1. The quantitative estimate of drug-likeness (QED) is 0.638. The Morgan fingerprint density at radius 1 is 1.21 bits per heavy atom. The summed E-state index contributed by atoms with van der Waals surface area (Å²) >= 11 is 0. The topological polar surface area (TPSA) is 25.4 Å². The summed E-state index contributed by atoms with van der Waals surface area (Å²) in [5.74, 6) is 0. The normalized spacial score (nSPS) is 25.2. The molecule has 2 heteroatoms. The summed E-state index contributed by atoms with van der Waals surface area (Å²) < 4.78 is 5.37. The maximum absolute atomic E-state index is 5.37. The zero-order valence-electron chi connectivity index (χ0n) is 8.03. The highest BCUT2D eigenvalue weighted by molar-refractivity contribution is 5.78. The molecule has 1 unspecified atom stereocenters. The number of hydrogen-bond donors (Lipinski definition) is 0. The van der Waals surface area contributed by atoms with Crippen molar-refractivity contribution in [3.05, 3.63) is 42.1 Å². The maximum Gasteiger partial charge on any atom is 0.131 e. The van der Waals surface area contributed by atoms with Gasteiger partial charge in [0.1, 0.15) is 5.60 Å². The Morgan fingerprint density at radius 2 is 2.00 bits per heavy atom. The van der Waals surface area contributed by atoms with Crippen LogP contribution >= 0.6 is 0 Å². The Morgan fingerprint density at radius 3 is 2.79 bits per heavy atom. The minimum Gasteiger partial charge on any atom is -0.363 e. The number of epoxide rings is 1. The van der Waals surface area contributed by atoms with E-state index in [1.54, 1.807) is 0 Å². The highest BCUT2D eigenvalue weighted by atomic mass is 16.6. The van der Waals surface area contributed by atoms with Gasteiger partial charge in [0.05, 0.1) is 17.8 Å². The van der Waals surface area contributed by atoms with Crippen molar-refractivity contribution in [2.75, 3.05) is 6.61 Å². The van der Waals surface area contributed by atoms with Crippen LogP contribution < -0.4 is 0 Å². The molecule has 1 aliphatic rings. The lowest BCUT2D eigenvalue weighted by atomic mass is 10.1. The van der Waals surface area contributed by atoms with Gasteiger partial charge in [-0.3, -0.25) is 0 Å². The van der Waals surface area contributed by atoms with Crippen molar-refractivity contribution in [2.24, 2.45) is 0 Å². The Hall–Kier alpha value is -1.41. The molecule has 0 spiro atoms. The van der Waals surface area contributed by atoms with Crippen LogP contribution in [0.15, 0.2) is 36.4 Å². The molecule has 1 atom stereocenters. The molecule has 0 radical (unpaired) electrons. The van der Waals surface area contributed by atoms with E-state index in [1.807, 2.05) is 18.2 Å². The lowest BCUT2D eigenvalue weighted by Crippen LogP contribution is -2.04. The second kappa shape index (κ2) is 2.55. The van der Waals surface area contributed by atoms with E-state index in [9.17, 15) is 0 Å². The number of hydrogen-bond acceptors (Lipinski definition) is 2. The van der Waals surface area contributed by atoms with Crippen LogP contribution in [0, 0.1) is 0 Å². The molecule has 1 aromatic carbocycles. The highest BCUT2D eigenvalue weighted by Gasteiger charge is 2.42. The molecule has 2 heterocycles. The van der Waals surface area contributed by atoms with Crippen molar-refractivity contribution < 1.29 is 4.74 Å². The molecule has 1 saturated heterocycles. The van der Waals surface area contributed by atoms with Crippen LogP contribution in [0.3, 0.4) is 0 Å². The fourth-order valence-corrected chi connectivity index (χ4v) is 1.62. The molecule has 0 bridgehead atoms. The number of pyridine rings is 1. The van der Waals surface area contributed by atoms with Crippen molar-refractivity contribution in [2.45, 2.75) is 12.5 Å². The summed E-state index contributed by atoms with van der Waals surface area (Å²) in [6.45, 7) is 2.86. The lowest BCUT2D eigenvalue weighted by molar-refractivity contribution is 0.324. The van der Waals surface area contributed by atoms with Crippen LogP contribution in [0.5, 0.6) is 0 Å². The predicted octanol–water partition coefficient (Wildman–Crippen LogP) is 2.48. The first-order chi connectivity index (χ1) is 6.78. The van der Waals surface area contributed by atoms with Crippen molar-refractivity contribution in [3.63, 3.8) is 0 Å². The minimum absolute atomic E-state index is 0.121. The average molecular weight is 185 g/mol. The number of rotatable bonds is 1. The zero-order valence-corrected chi connectivity index (χ0v) is 8.03. The Labute approximate surface area is 82.5 Å². The van der Waals surface area contributed by atoms with Gasteiger partial charge in [0.2, 0.25) is 0 Å². The zero-order chi connectivity index (χ0) is 9.60. The van der Waals surface area contributed by atoms with E-state index in [-0.39, 0.29) is 5.60 Å². The third-order valence-electron chi connectivity index (χ3n) is 2.72. The summed E-state index contributed by atoms with van der Waals surface area (Å²) in [7, 11) is 0. The molecule has 0 N–H and O–H groups in total. The summed E-state index contributed by atoms with van der Waals surface area (Å²) in [5.41, 5.74) is 1.96. The Bertz CT molecular complexity index is 488. The van der Waals surface area contributed by atoms with E-state index in [2.05, 4.69) is 30.1 Å². The Balaban J connectivity index is 2.20. The second-order valence-corrected chi connectivity index (χ2v) is 3.91. The molecule has 14 heavy (non-hydrogen) atoms. The lowest BCUT2D eigenvalue weighted by Gasteiger charge is -2.05. The number of aromatic nitrogens is 1. The van der Waals surface area contributed by atoms with Gasteiger partial charge in [-0.25, -0.2) is 4.98 Å². The van der Waals surface area contributed by atoms with Gasteiger partial charge in [-0.2, -0.15) is 0 Å². The van der Waals surface area contributed by atoms with Crippen molar-refractivity contribution in [1.82, 2.24) is 4.98 Å². The van der Waals surface area contributed by atoms with Gasteiger partial charge in [0.25, 0.3) is 0 Å². The van der Waals surface area contributed by atoms with Gasteiger partial charge < -0.3 is 4.74 Å². The van der Waals surface area contributed by atoms with Gasteiger partial charge in [0.15, 0.2) is 0 Å². The van der Waals surface area contributed by atoms with Crippen LogP contribution in [-0.4, -0.2) is 11.6 Å². The van der Waals surface area contributed by atoms with E-state index in [0.717, 1.165) is 17.8 Å². The Kier molecular flexibility index (Phi) is 1.45. The van der Waals surface area contributed by atoms with Crippen molar-refractivity contribution in [1.29, 1.82) is 0 Å². The first-order valence-electron chi connectivity index (χ1n) is 4.78. The van der Waals surface area contributed by atoms with Gasteiger partial charge in [0, 0.05) is 5.39 Å². The molecule has 1 aromatic heterocycles. The van der Waals surface area contributed by atoms with Crippen LogP contribution in [0.25, 0.3) is 10.9 Å².